The number of aliphatic hydroxyl groups is 1. The molecule has 0 saturated heterocycles. The standard InChI is InChI=1S/C8H8ClF2NO/c1-4-7(8(10)11)5(3-13)6(9)2-12-4/h2,8,13H,3H2,1H3. The van der Waals surface area contributed by atoms with Crippen LogP contribution in [0.2, 0.25) is 5.02 Å². The normalized spacial score (nSPS) is 10.9. The SMILES string of the molecule is Cc1ncc(Cl)c(CO)c1C(F)F. The number of aliphatic hydroxyl groups excluding tert-OH is 1. The molecule has 0 bridgehead atoms. The molecule has 0 aromatic carbocycles. The Morgan fingerprint density at radius 3 is 2.62 bits per heavy atom. The topological polar surface area (TPSA) is 33.1 Å². The van der Waals surface area contributed by atoms with Crippen LogP contribution in [0.5, 0.6) is 0 Å². The van der Waals surface area contributed by atoms with Crippen LogP contribution in [0.3, 0.4) is 0 Å². The highest BCUT2D eigenvalue weighted by Gasteiger charge is 2.18. The zero-order valence-electron chi connectivity index (χ0n) is 6.89. The van der Waals surface area contributed by atoms with Gasteiger partial charge in [-0.1, -0.05) is 11.6 Å². The van der Waals surface area contributed by atoms with E-state index in [1.807, 2.05) is 0 Å². The predicted molar refractivity (Wildman–Crippen MR) is 44.9 cm³/mol. The van der Waals surface area contributed by atoms with Crippen LogP contribution in [0.4, 0.5) is 8.78 Å². The molecule has 13 heavy (non-hydrogen) atoms. The molecule has 1 heterocycles. The number of nitrogens with zero attached hydrogens (tertiary/aromatic N) is 1. The molecule has 0 aliphatic heterocycles. The van der Waals surface area contributed by atoms with Gasteiger partial charge in [0.25, 0.3) is 6.43 Å². The molecule has 0 unspecified atom stereocenters. The van der Waals surface area contributed by atoms with Gasteiger partial charge in [0.1, 0.15) is 0 Å². The fourth-order valence-electron chi connectivity index (χ4n) is 1.10. The fraction of sp³-hybridized carbons (Fsp3) is 0.375. The van der Waals surface area contributed by atoms with E-state index >= 15 is 0 Å². The Bertz CT molecular complexity index is 317. The smallest absolute Gasteiger partial charge is 0.265 e. The van der Waals surface area contributed by atoms with Crippen molar-refractivity contribution < 1.29 is 13.9 Å². The highest BCUT2D eigenvalue weighted by atomic mass is 35.5. The van der Waals surface area contributed by atoms with Crippen LogP contribution in [0.1, 0.15) is 23.2 Å². The van der Waals surface area contributed by atoms with E-state index in [0.717, 1.165) is 0 Å². The van der Waals surface area contributed by atoms with Gasteiger partial charge in [0, 0.05) is 23.0 Å². The number of rotatable bonds is 2. The van der Waals surface area contributed by atoms with Gasteiger partial charge in [-0.3, -0.25) is 4.98 Å². The Hall–Kier alpha value is -0.740. The van der Waals surface area contributed by atoms with E-state index in [9.17, 15) is 8.78 Å². The molecular weight excluding hydrogens is 200 g/mol. The Morgan fingerprint density at radius 2 is 2.23 bits per heavy atom. The summed E-state index contributed by atoms with van der Waals surface area (Å²) < 4.78 is 24.9. The van der Waals surface area contributed by atoms with Crippen molar-refractivity contribution in [3.63, 3.8) is 0 Å². The second kappa shape index (κ2) is 3.98. The van der Waals surface area contributed by atoms with Crippen LogP contribution in [0, 0.1) is 6.92 Å². The highest BCUT2D eigenvalue weighted by Crippen LogP contribution is 2.29. The lowest BCUT2D eigenvalue weighted by molar-refractivity contribution is 0.145. The van der Waals surface area contributed by atoms with Crippen molar-refractivity contribution in [2.45, 2.75) is 20.0 Å². The Labute approximate surface area is 79.2 Å². The van der Waals surface area contributed by atoms with Gasteiger partial charge >= 0.3 is 0 Å². The lowest BCUT2D eigenvalue weighted by atomic mass is 10.1. The minimum absolute atomic E-state index is 0.0594. The number of aryl methyl sites for hydroxylation is 1. The van der Waals surface area contributed by atoms with E-state index < -0.39 is 13.0 Å². The van der Waals surface area contributed by atoms with Crippen molar-refractivity contribution in [3.8, 4) is 0 Å². The summed E-state index contributed by atoms with van der Waals surface area (Å²) in [6.07, 6.45) is -1.40. The molecule has 5 heteroatoms. The largest absolute Gasteiger partial charge is 0.392 e. The van der Waals surface area contributed by atoms with Gasteiger partial charge in [-0.25, -0.2) is 8.78 Å². The first-order valence-electron chi connectivity index (χ1n) is 3.60. The summed E-state index contributed by atoms with van der Waals surface area (Å²) in [5.74, 6) is 0. The van der Waals surface area contributed by atoms with Crippen molar-refractivity contribution in [3.05, 3.63) is 28.0 Å². The molecule has 1 rings (SSSR count). The second-order valence-corrected chi connectivity index (χ2v) is 2.95. The van der Waals surface area contributed by atoms with E-state index in [2.05, 4.69) is 4.98 Å². The molecule has 0 amide bonds. The maximum atomic E-state index is 12.4. The van der Waals surface area contributed by atoms with Crippen molar-refractivity contribution in [1.82, 2.24) is 4.98 Å². The Morgan fingerprint density at radius 1 is 1.62 bits per heavy atom. The molecule has 0 saturated carbocycles. The summed E-state index contributed by atoms with van der Waals surface area (Å²) in [4.78, 5) is 3.69. The summed E-state index contributed by atoms with van der Waals surface area (Å²) >= 11 is 5.59. The summed E-state index contributed by atoms with van der Waals surface area (Å²) in [5, 5.41) is 8.90. The molecule has 0 aliphatic rings. The van der Waals surface area contributed by atoms with Crippen molar-refractivity contribution in [2.24, 2.45) is 0 Å². The fourth-order valence-corrected chi connectivity index (χ4v) is 1.31. The summed E-state index contributed by atoms with van der Waals surface area (Å²) in [7, 11) is 0. The zero-order chi connectivity index (χ0) is 10.0. The van der Waals surface area contributed by atoms with Crippen molar-refractivity contribution in [2.75, 3.05) is 0 Å². The predicted octanol–water partition coefficient (Wildman–Crippen LogP) is 2.47. The molecule has 1 aromatic rings. The first kappa shape index (κ1) is 10.3. The van der Waals surface area contributed by atoms with Gasteiger partial charge < -0.3 is 5.11 Å². The van der Waals surface area contributed by atoms with Crippen LogP contribution >= 0.6 is 11.6 Å². The third kappa shape index (κ3) is 1.95. The van der Waals surface area contributed by atoms with Gasteiger partial charge in [0.15, 0.2) is 0 Å². The van der Waals surface area contributed by atoms with Crippen LogP contribution in [0.25, 0.3) is 0 Å². The number of aromatic nitrogens is 1. The summed E-state index contributed by atoms with van der Waals surface area (Å²) in [6, 6.07) is 0. The van der Waals surface area contributed by atoms with Gasteiger partial charge in [0.2, 0.25) is 0 Å². The van der Waals surface area contributed by atoms with Gasteiger partial charge in [-0.15, -0.1) is 0 Å². The van der Waals surface area contributed by atoms with E-state index in [1.54, 1.807) is 0 Å². The summed E-state index contributed by atoms with van der Waals surface area (Å²) in [5.41, 5.74) is -0.0115. The number of hydrogen-bond donors (Lipinski definition) is 1. The highest BCUT2D eigenvalue weighted by molar-refractivity contribution is 6.31. The van der Waals surface area contributed by atoms with Crippen LogP contribution in [-0.4, -0.2) is 10.1 Å². The van der Waals surface area contributed by atoms with Crippen molar-refractivity contribution >= 4 is 11.6 Å². The Balaban J connectivity index is 3.35. The van der Waals surface area contributed by atoms with Gasteiger partial charge in [-0.05, 0) is 6.92 Å². The van der Waals surface area contributed by atoms with Crippen LogP contribution < -0.4 is 0 Å². The summed E-state index contributed by atoms with van der Waals surface area (Å²) in [6.45, 7) is 0.957. The van der Waals surface area contributed by atoms with Crippen LogP contribution in [0.15, 0.2) is 6.20 Å². The lowest BCUT2D eigenvalue weighted by Crippen LogP contribution is -2.01. The third-order valence-electron chi connectivity index (χ3n) is 1.75. The molecule has 0 radical (unpaired) electrons. The maximum Gasteiger partial charge on any atom is 0.265 e. The number of halogens is 3. The molecular formula is C8H8ClF2NO. The van der Waals surface area contributed by atoms with Crippen molar-refractivity contribution in [1.29, 1.82) is 0 Å². The minimum Gasteiger partial charge on any atom is -0.392 e. The molecule has 72 valence electrons. The van der Waals surface area contributed by atoms with Gasteiger partial charge in [0.05, 0.1) is 11.6 Å². The first-order valence-corrected chi connectivity index (χ1v) is 3.98. The first-order chi connectivity index (χ1) is 6.07. The minimum atomic E-state index is -2.66. The Kier molecular flexibility index (Phi) is 3.17. The molecule has 0 atom stereocenters. The third-order valence-corrected chi connectivity index (χ3v) is 2.08. The maximum absolute atomic E-state index is 12.4. The average molecular weight is 208 g/mol. The van der Waals surface area contributed by atoms with E-state index in [0.29, 0.717) is 0 Å². The second-order valence-electron chi connectivity index (χ2n) is 2.54. The van der Waals surface area contributed by atoms with E-state index in [4.69, 9.17) is 16.7 Å². The molecule has 1 aromatic heterocycles. The average Bonchev–Trinajstić information content (AvgIpc) is 2.07. The lowest BCUT2D eigenvalue weighted by Gasteiger charge is -2.10. The molecule has 0 fully saturated rings. The molecule has 1 N–H and O–H groups in total. The molecule has 0 spiro atoms. The number of alkyl halides is 2. The molecule has 2 nitrogen and oxygen atoms in total. The van der Waals surface area contributed by atoms with E-state index in [-0.39, 0.29) is 21.8 Å². The molecule has 0 aliphatic carbocycles. The number of hydrogen-bond acceptors (Lipinski definition) is 2. The monoisotopic (exact) mass is 207 g/mol. The van der Waals surface area contributed by atoms with Crippen LogP contribution in [-0.2, 0) is 6.61 Å². The zero-order valence-corrected chi connectivity index (χ0v) is 7.65. The quantitative estimate of drug-likeness (QED) is 0.808. The van der Waals surface area contributed by atoms with E-state index in [1.165, 1.54) is 13.1 Å². The number of pyridine rings is 1. The van der Waals surface area contributed by atoms with Gasteiger partial charge in [-0.2, -0.15) is 0 Å².